The maximum atomic E-state index is 2.98. The first-order chi connectivity index (χ1) is 10.3. The average molecular weight is 283 g/mol. The molecule has 4 rings (SSSR count). The summed E-state index contributed by atoms with van der Waals surface area (Å²) in [6.45, 7) is 2.19. The Kier molecular flexibility index (Phi) is 3.79. The topological polar surface area (TPSA) is 3.24 Å². The second kappa shape index (κ2) is 5.76. The molecule has 1 heteroatoms. The van der Waals surface area contributed by atoms with E-state index >= 15 is 0 Å². The first-order valence-electron chi connectivity index (χ1n) is 9.15. The van der Waals surface area contributed by atoms with Crippen molar-refractivity contribution in [2.24, 2.45) is 0 Å². The van der Waals surface area contributed by atoms with Crippen molar-refractivity contribution < 1.29 is 0 Å². The predicted octanol–water partition coefficient (Wildman–Crippen LogP) is 5.04. The summed E-state index contributed by atoms with van der Waals surface area (Å²) >= 11 is 0. The molecule has 2 bridgehead atoms. The number of hydrogen-bond acceptors (Lipinski definition) is 1. The minimum Gasteiger partial charge on any atom is -0.294 e. The zero-order chi connectivity index (χ0) is 14.2. The van der Waals surface area contributed by atoms with Crippen LogP contribution < -0.4 is 0 Å². The highest BCUT2D eigenvalue weighted by atomic mass is 15.2. The summed E-state index contributed by atoms with van der Waals surface area (Å²) in [7, 11) is 0. The van der Waals surface area contributed by atoms with E-state index in [0.29, 0.717) is 0 Å². The summed E-state index contributed by atoms with van der Waals surface area (Å²) in [5.74, 6) is 0.822. The van der Waals surface area contributed by atoms with Crippen molar-refractivity contribution in [3.05, 3.63) is 35.4 Å². The third kappa shape index (κ3) is 2.65. The van der Waals surface area contributed by atoms with E-state index in [1.54, 1.807) is 5.56 Å². The van der Waals surface area contributed by atoms with Crippen molar-refractivity contribution >= 4 is 0 Å². The first kappa shape index (κ1) is 13.8. The molecule has 114 valence electrons. The smallest absolute Gasteiger partial charge is 0.0107 e. The molecule has 0 aromatic heterocycles. The van der Waals surface area contributed by atoms with Crippen molar-refractivity contribution in [1.82, 2.24) is 4.90 Å². The molecule has 1 saturated carbocycles. The van der Waals surface area contributed by atoms with Crippen LogP contribution in [0.2, 0.25) is 0 Å². The van der Waals surface area contributed by atoms with E-state index in [1.165, 1.54) is 63.4 Å². The van der Waals surface area contributed by atoms with Gasteiger partial charge in [0.1, 0.15) is 0 Å². The molecule has 1 nitrogen and oxygen atoms in total. The molecule has 0 N–H and O–H groups in total. The summed E-state index contributed by atoms with van der Waals surface area (Å²) in [6.07, 6.45) is 13.1. The standard InChI is InChI=1S/C20H29N/c1-15-7-9-16(10-8-15)17-13-19-11-12-20(14-17)21(19)18-5-3-2-4-6-18/h7-10,17-20H,2-6,11-14H2,1H3. The molecule has 21 heavy (non-hydrogen) atoms. The zero-order valence-electron chi connectivity index (χ0n) is 13.4. The number of rotatable bonds is 2. The number of aryl methyl sites for hydroxylation is 1. The monoisotopic (exact) mass is 283 g/mol. The van der Waals surface area contributed by atoms with Gasteiger partial charge in [0.2, 0.25) is 0 Å². The second-order valence-corrected chi connectivity index (χ2v) is 7.70. The Labute approximate surface area is 129 Å². The largest absolute Gasteiger partial charge is 0.294 e. The quantitative estimate of drug-likeness (QED) is 0.735. The maximum absolute atomic E-state index is 2.98. The van der Waals surface area contributed by atoms with Crippen LogP contribution in [0, 0.1) is 6.92 Å². The van der Waals surface area contributed by atoms with Gasteiger partial charge in [-0.25, -0.2) is 0 Å². The van der Waals surface area contributed by atoms with Crippen molar-refractivity contribution in [1.29, 1.82) is 0 Å². The fourth-order valence-corrected chi connectivity index (χ4v) is 5.30. The lowest BCUT2D eigenvalue weighted by molar-refractivity contribution is 0.0567. The van der Waals surface area contributed by atoms with Crippen molar-refractivity contribution in [3.8, 4) is 0 Å². The second-order valence-electron chi connectivity index (χ2n) is 7.70. The molecule has 1 aromatic rings. The molecule has 1 aliphatic carbocycles. The van der Waals surface area contributed by atoms with Crippen LogP contribution >= 0.6 is 0 Å². The molecule has 3 fully saturated rings. The maximum Gasteiger partial charge on any atom is 0.0107 e. The fraction of sp³-hybridized carbons (Fsp3) is 0.700. The van der Waals surface area contributed by atoms with E-state index < -0.39 is 0 Å². The zero-order valence-corrected chi connectivity index (χ0v) is 13.4. The van der Waals surface area contributed by atoms with Crippen LogP contribution in [0.4, 0.5) is 0 Å². The highest BCUT2D eigenvalue weighted by molar-refractivity contribution is 5.26. The third-order valence-corrected chi connectivity index (χ3v) is 6.33. The van der Waals surface area contributed by atoms with E-state index in [4.69, 9.17) is 0 Å². The van der Waals surface area contributed by atoms with Crippen LogP contribution in [0.3, 0.4) is 0 Å². The van der Waals surface area contributed by atoms with Crippen molar-refractivity contribution in [2.45, 2.75) is 88.8 Å². The van der Waals surface area contributed by atoms with Crippen LogP contribution in [-0.4, -0.2) is 23.0 Å². The third-order valence-electron chi connectivity index (χ3n) is 6.33. The Bertz CT molecular complexity index is 457. The van der Waals surface area contributed by atoms with E-state index in [9.17, 15) is 0 Å². The van der Waals surface area contributed by atoms with Gasteiger partial charge in [0.25, 0.3) is 0 Å². The lowest BCUT2D eigenvalue weighted by Crippen LogP contribution is -2.49. The van der Waals surface area contributed by atoms with E-state index in [1.807, 2.05) is 0 Å². The number of benzene rings is 1. The molecule has 3 aliphatic rings. The summed E-state index contributed by atoms with van der Waals surface area (Å²) < 4.78 is 0. The molecule has 1 aromatic carbocycles. The number of fused-ring (bicyclic) bond motifs is 2. The van der Waals surface area contributed by atoms with Crippen LogP contribution in [-0.2, 0) is 0 Å². The normalized spacial score (nSPS) is 34.2. The van der Waals surface area contributed by atoms with Gasteiger partial charge >= 0.3 is 0 Å². The van der Waals surface area contributed by atoms with E-state index in [-0.39, 0.29) is 0 Å². The van der Waals surface area contributed by atoms with Crippen LogP contribution in [0.5, 0.6) is 0 Å². The van der Waals surface area contributed by atoms with Crippen LogP contribution in [0.1, 0.15) is 74.8 Å². The molecule has 2 saturated heterocycles. The van der Waals surface area contributed by atoms with Crippen molar-refractivity contribution in [3.63, 3.8) is 0 Å². The molecule has 0 spiro atoms. The van der Waals surface area contributed by atoms with Gasteiger partial charge in [-0.3, -0.25) is 4.90 Å². The predicted molar refractivity (Wildman–Crippen MR) is 88.7 cm³/mol. The van der Waals surface area contributed by atoms with Gasteiger partial charge in [-0.1, -0.05) is 49.1 Å². The SMILES string of the molecule is Cc1ccc(C2CC3CCC(C2)N3C2CCCCC2)cc1. The molecule has 2 aliphatic heterocycles. The Morgan fingerprint density at radius 1 is 0.762 bits per heavy atom. The Hall–Kier alpha value is -0.820. The fourth-order valence-electron chi connectivity index (χ4n) is 5.30. The van der Waals surface area contributed by atoms with Gasteiger partial charge in [-0.2, -0.15) is 0 Å². The summed E-state index contributed by atoms with van der Waals surface area (Å²) in [6, 6.07) is 12.1. The molecular formula is C20H29N. The highest BCUT2D eigenvalue weighted by Gasteiger charge is 2.43. The molecular weight excluding hydrogens is 254 g/mol. The van der Waals surface area contributed by atoms with Crippen LogP contribution in [0.15, 0.2) is 24.3 Å². The van der Waals surface area contributed by atoms with Gasteiger partial charge in [-0.05, 0) is 56.9 Å². The minimum atomic E-state index is 0.822. The van der Waals surface area contributed by atoms with Gasteiger partial charge in [0.05, 0.1) is 0 Å². The van der Waals surface area contributed by atoms with Crippen molar-refractivity contribution in [2.75, 3.05) is 0 Å². The highest BCUT2D eigenvalue weighted by Crippen LogP contribution is 2.45. The Morgan fingerprint density at radius 3 is 2.00 bits per heavy atom. The average Bonchev–Trinajstić information content (AvgIpc) is 2.79. The number of nitrogens with zero attached hydrogens (tertiary/aromatic N) is 1. The van der Waals surface area contributed by atoms with E-state index in [2.05, 4.69) is 36.1 Å². The lowest BCUT2D eigenvalue weighted by atomic mass is 9.82. The van der Waals surface area contributed by atoms with Gasteiger partial charge < -0.3 is 0 Å². The lowest BCUT2D eigenvalue weighted by Gasteiger charge is -2.45. The molecule has 0 radical (unpaired) electrons. The molecule has 0 amide bonds. The van der Waals surface area contributed by atoms with E-state index in [0.717, 1.165) is 24.0 Å². The van der Waals surface area contributed by atoms with Gasteiger partial charge in [0, 0.05) is 18.1 Å². The first-order valence-corrected chi connectivity index (χ1v) is 9.15. The Morgan fingerprint density at radius 2 is 1.38 bits per heavy atom. The molecule has 2 heterocycles. The summed E-state index contributed by atoms with van der Waals surface area (Å²) in [5, 5.41) is 0. The Balaban J connectivity index is 1.49. The molecule has 2 unspecified atom stereocenters. The number of hydrogen-bond donors (Lipinski definition) is 0. The van der Waals surface area contributed by atoms with Gasteiger partial charge in [-0.15, -0.1) is 0 Å². The van der Waals surface area contributed by atoms with Gasteiger partial charge in [0.15, 0.2) is 0 Å². The summed E-state index contributed by atoms with van der Waals surface area (Å²) in [5.41, 5.74) is 2.99. The number of piperidine rings is 1. The molecule has 2 atom stereocenters. The minimum absolute atomic E-state index is 0.822. The van der Waals surface area contributed by atoms with Crippen LogP contribution in [0.25, 0.3) is 0 Å². The summed E-state index contributed by atoms with van der Waals surface area (Å²) in [4.78, 5) is 2.98.